The van der Waals surface area contributed by atoms with Gasteiger partial charge >= 0.3 is 17.9 Å². The van der Waals surface area contributed by atoms with E-state index in [2.05, 4.69) is 106 Å². The lowest BCUT2D eigenvalue weighted by molar-refractivity contribution is -0.167. The third kappa shape index (κ3) is 43.7. The smallest absolute Gasteiger partial charge is 0.306 e. The van der Waals surface area contributed by atoms with Crippen molar-refractivity contribution in [1.29, 1.82) is 0 Å². The predicted molar refractivity (Wildman–Crippen MR) is 247 cm³/mol. The number of carbonyl (C=O) groups is 3. The van der Waals surface area contributed by atoms with Crippen molar-refractivity contribution in [3.05, 3.63) is 85.1 Å². The molecule has 0 saturated carbocycles. The summed E-state index contributed by atoms with van der Waals surface area (Å²) in [7, 11) is 0. The third-order valence-corrected chi connectivity index (χ3v) is 9.62. The fraction of sp³-hybridized carbons (Fsp3) is 0.673. The first-order chi connectivity index (χ1) is 28.5. The zero-order chi connectivity index (χ0) is 42.3. The molecule has 330 valence electrons. The maximum absolute atomic E-state index is 12.7. The summed E-state index contributed by atoms with van der Waals surface area (Å²) >= 11 is 0. The van der Waals surface area contributed by atoms with E-state index in [4.69, 9.17) is 14.2 Å². The van der Waals surface area contributed by atoms with E-state index >= 15 is 0 Å². The number of unbranched alkanes of at least 4 members (excludes halogenated alkanes) is 17. The molecule has 1 atom stereocenters. The Kier molecular flexibility index (Phi) is 43.6. The number of rotatable bonds is 41. The van der Waals surface area contributed by atoms with Crippen LogP contribution in [0.15, 0.2) is 85.1 Å². The highest BCUT2D eigenvalue weighted by Crippen LogP contribution is 2.12. The Morgan fingerprint density at radius 3 is 1.22 bits per heavy atom. The van der Waals surface area contributed by atoms with Crippen molar-refractivity contribution < 1.29 is 28.6 Å². The Bertz CT molecular complexity index is 1160. The molecule has 58 heavy (non-hydrogen) atoms. The quantitative estimate of drug-likeness (QED) is 0.0201. The number of allylic oxidation sites excluding steroid dienone is 14. The molecule has 0 aromatic carbocycles. The van der Waals surface area contributed by atoms with E-state index in [1.807, 2.05) is 0 Å². The molecule has 0 N–H and O–H groups in total. The summed E-state index contributed by atoms with van der Waals surface area (Å²) in [6.45, 7) is 6.43. The zero-order valence-electron chi connectivity index (χ0n) is 37.5. The average molecular weight is 807 g/mol. The number of ether oxygens (including phenoxy) is 3. The molecule has 6 nitrogen and oxygen atoms in total. The molecule has 6 heteroatoms. The van der Waals surface area contributed by atoms with Crippen LogP contribution in [-0.2, 0) is 28.6 Å². The first-order valence-electron chi connectivity index (χ1n) is 23.6. The minimum Gasteiger partial charge on any atom is -0.462 e. The molecule has 0 aromatic heterocycles. The Balaban J connectivity index is 4.51. The van der Waals surface area contributed by atoms with Crippen LogP contribution in [0.25, 0.3) is 0 Å². The van der Waals surface area contributed by atoms with Gasteiger partial charge in [0.1, 0.15) is 13.2 Å². The predicted octanol–water partition coefficient (Wildman–Crippen LogP) is 15.3. The Morgan fingerprint density at radius 1 is 0.362 bits per heavy atom. The molecule has 0 heterocycles. The molecule has 0 aromatic rings. The minimum absolute atomic E-state index is 0.112. The van der Waals surface area contributed by atoms with Crippen molar-refractivity contribution in [2.24, 2.45) is 0 Å². The van der Waals surface area contributed by atoms with Gasteiger partial charge < -0.3 is 14.2 Å². The van der Waals surface area contributed by atoms with Gasteiger partial charge in [-0.1, -0.05) is 170 Å². The third-order valence-electron chi connectivity index (χ3n) is 9.62. The average Bonchev–Trinajstić information content (AvgIpc) is 3.22. The van der Waals surface area contributed by atoms with Crippen molar-refractivity contribution in [2.45, 2.75) is 213 Å². The number of hydrogen-bond donors (Lipinski definition) is 0. The lowest BCUT2D eigenvalue weighted by Gasteiger charge is -2.18. The van der Waals surface area contributed by atoms with Crippen molar-refractivity contribution >= 4 is 17.9 Å². The molecule has 0 aliphatic carbocycles. The summed E-state index contributed by atoms with van der Waals surface area (Å²) in [5.41, 5.74) is 0. The molecule has 0 rings (SSSR count). The molecule has 0 saturated heterocycles. The number of hydrogen-bond acceptors (Lipinski definition) is 6. The number of esters is 3. The Morgan fingerprint density at radius 2 is 0.707 bits per heavy atom. The second kappa shape index (κ2) is 46.3. The van der Waals surface area contributed by atoms with Gasteiger partial charge in [0.2, 0.25) is 0 Å². The molecular formula is C52H86O6. The van der Waals surface area contributed by atoms with Gasteiger partial charge in [-0.3, -0.25) is 14.4 Å². The van der Waals surface area contributed by atoms with E-state index < -0.39 is 6.10 Å². The summed E-state index contributed by atoms with van der Waals surface area (Å²) in [4.78, 5) is 37.7. The second-order valence-corrected chi connectivity index (χ2v) is 15.3. The largest absolute Gasteiger partial charge is 0.462 e. The fourth-order valence-corrected chi connectivity index (χ4v) is 5.99. The standard InChI is InChI=1S/C52H86O6/c1-4-7-10-13-16-19-22-24-25-26-27-28-31-33-36-39-42-45-51(54)57-48-49(47-56-50(53)44-41-38-35-32-29-21-18-15-12-9-6-3)58-52(55)46-43-40-37-34-30-23-20-17-14-11-8-5-2/h15-21,24-25,27-29,33,36,49H,4-14,22-23,26,30-32,34-35,37-48H2,1-3H3/b18-15-,19-16-,20-17-,25-24-,28-27-,29-21-,36-33-. The SMILES string of the molecule is CCCC/C=C\C=C/CCCCCC(=O)OCC(COC(=O)CCC/C=C\C/C=C\C/C=C\C/C=C\CCCCC)OC(=O)CCCCCCC/C=C\CCCCC. The van der Waals surface area contributed by atoms with Crippen LogP contribution in [0.1, 0.15) is 207 Å². The van der Waals surface area contributed by atoms with Crippen molar-refractivity contribution in [1.82, 2.24) is 0 Å². The normalized spacial score (nSPS) is 12.8. The van der Waals surface area contributed by atoms with Crippen molar-refractivity contribution in [3.63, 3.8) is 0 Å². The van der Waals surface area contributed by atoms with Crippen molar-refractivity contribution in [3.8, 4) is 0 Å². The van der Waals surface area contributed by atoms with Crippen LogP contribution in [0.3, 0.4) is 0 Å². The van der Waals surface area contributed by atoms with Gasteiger partial charge in [-0.05, 0) is 103 Å². The summed E-state index contributed by atoms with van der Waals surface area (Å²) < 4.78 is 16.6. The molecule has 0 aliphatic rings. The summed E-state index contributed by atoms with van der Waals surface area (Å²) in [5, 5.41) is 0. The second-order valence-electron chi connectivity index (χ2n) is 15.3. The first-order valence-corrected chi connectivity index (χ1v) is 23.6. The van der Waals surface area contributed by atoms with Gasteiger partial charge in [0.15, 0.2) is 6.10 Å². The molecule has 0 spiro atoms. The van der Waals surface area contributed by atoms with Gasteiger partial charge in [0, 0.05) is 19.3 Å². The van der Waals surface area contributed by atoms with E-state index in [1.54, 1.807) is 0 Å². The Hall–Kier alpha value is -3.41. The molecule has 0 amide bonds. The van der Waals surface area contributed by atoms with Crippen LogP contribution in [-0.4, -0.2) is 37.2 Å². The van der Waals surface area contributed by atoms with Gasteiger partial charge in [-0.25, -0.2) is 0 Å². The lowest BCUT2D eigenvalue weighted by Crippen LogP contribution is -2.30. The van der Waals surface area contributed by atoms with Crippen LogP contribution in [0.2, 0.25) is 0 Å². The number of carbonyl (C=O) groups excluding carboxylic acids is 3. The maximum atomic E-state index is 12.7. The summed E-state index contributed by atoms with van der Waals surface area (Å²) in [6, 6.07) is 0. The summed E-state index contributed by atoms with van der Waals surface area (Å²) in [5.74, 6) is -1.01. The molecule has 0 aliphatic heterocycles. The Labute approximate surface area is 356 Å². The van der Waals surface area contributed by atoms with Crippen LogP contribution >= 0.6 is 0 Å². The molecule has 0 bridgehead atoms. The highest BCUT2D eigenvalue weighted by atomic mass is 16.6. The highest BCUT2D eigenvalue weighted by molar-refractivity contribution is 5.71. The van der Waals surface area contributed by atoms with Gasteiger partial charge in [0.05, 0.1) is 0 Å². The molecule has 1 unspecified atom stereocenters. The topological polar surface area (TPSA) is 78.9 Å². The van der Waals surface area contributed by atoms with E-state index in [-0.39, 0.29) is 37.5 Å². The lowest BCUT2D eigenvalue weighted by atomic mass is 10.1. The molecule has 0 fully saturated rings. The first kappa shape index (κ1) is 54.6. The fourth-order valence-electron chi connectivity index (χ4n) is 5.99. The van der Waals surface area contributed by atoms with Crippen LogP contribution in [0.4, 0.5) is 0 Å². The van der Waals surface area contributed by atoms with Gasteiger partial charge in [-0.2, -0.15) is 0 Å². The maximum Gasteiger partial charge on any atom is 0.306 e. The molecular weight excluding hydrogens is 721 g/mol. The van der Waals surface area contributed by atoms with E-state index in [1.165, 1.54) is 70.6 Å². The molecule has 0 radical (unpaired) electrons. The summed E-state index contributed by atoms with van der Waals surface area (Å²) in [6.07, 6.45) is 58.5. The van der Waals surface area contributed by atoms with E-state index in [0.29, 0.717) is 19.3 Å². The van der Waals surface area contributed by atoms with Gasteiger partial charge in [-0.15, -0.1) is 0 Å². The van der Waals surface area contributed by atoms with Gasteiger partial charge in [0.25, 0.3) is 0 Å². The monoisotopic (exact) mass is 807 g/mol. The van der Waals surface area contributed by atoms with Crippen LogP contribution in [0, 0.1) is 0 Å². The van der Waals surface area contributed by atoms with Crippen molar-refractivity contribution in [2.75, 3.05) is 13.2 Å². The van der Waals surface area contributed by atoms with E-state index in [9.17, 15) is 14.4 Å². The highest BCUT2D eigenvalue weighted by Gasteiger charge is 2.19. The zero-order valence-corrected chi connectivity index (χ0v) is 37.5. The van der Waals surface area contributed by atoms with Crippen LogP contribution < -0.4 is 0 Å². The van der Waals surface area contributed by atoms with E-state index in [0.717, 1.165) is 89.9 Å². The van der Waals surface area contributed by atoms with Crippen LogP contribution in [0.5, 0.6) is 0 Å². The minimum atomic E-state index is -0.812.